The molecular formula is C79H117F6N11O19. The fourth-order valence-corrected chi connectivity index (χ4v) is 8.53. The van der Waals surface area contributed by atoms with Gasteiger partial charge in [0.25, 0.3) is 11.8 Å². The number of carbonyl (C=O) groups is 11. The predicted molar refractivity (Wildman–Crippen MR) is 419 cm³/mol. The van der Waals surface area contributed by atoms with Gasteiger partial charge in [0, 0.05) is 58.7 Å². The zero-order valence-electron chi connectivity index (χ0n) is 71.0. The van der Waals surface area contributed by atoms with Crippen LogP contribution >= 0.6 is 0 Å². The summed E-state index contributed by atoms with van der Waals surface area (Å²) in [6, 6.07) is 23.6. The molecule has 0 aliphatic heterocycles. The van der Waals surface area contributed by atoms with Gasteiger partial charge in [-0.25, -0.2) is 25.0 Å². The number of ether oxygens (including phenoxy) is 7. The number of hydrogen-bond donors (Lipinski definition) is 8. The molecule has 4 aromatic rings. The van der Waals surface area contributed by atoms with E-state index in [1.165, 1.54) is 94.3 Å². The molecule has 0 atom stereocenters. The number of amides is 7. The van der Waals surface area contributed by atoms with Crippen LogP contribution in [0, 0.1) is 38.4 Å². The van der Waals surface area contributed by atoms with Crippen LogP contribution in [0.3, 0.4) is 0 Å². The second-order valence-corrected chi connectivity index (χ2v) is 32.8. The number of esters is 3. The number of nitriles is 1. The number of nitrogens with one attached hydrogen (secondary N) is 6. The number of halogens is 6. The van der Waals surface area contributed by atoms with Crippen LogP contribution in [0.15, 0.2) is 97.1 Å². The number of para-hydroxylation sites is 2. The number of alkyl halides is 6. The summed E-state index contributed by atoms with van der Waals surface area (Å²) in [4.78, 5) is 132. The third-order valence-corrected chi connectivity index (χ3v) is 14.5. The molecule has 4 rings (SSSR count). The van der Waals surface area contributed by atoms with E-state index in [-0.39, 0.29) is 43.7 Å². The Balaban J connectivity index is 0. The van der Waals surface area contributed by atoms with Crippen molar-refractivity contribution in [3.8, 4) is 6.07 Å². The number of carboxylic acid groups (broad SMARTS) is 1. The van der Waals surface area contributed by atoms with E-state index in [9.17, 15) is 79.1 Å². The Morgan fingerprint density at radius 1 is 0.426 bits per heavy atom. The number of methoxy groups -OCH3 is 3. The highest BCUT2D eigenvalue weighted by atomic mass is 19.4. The van der Waals surface area contributed by atoms with Gasteiger partial charge in [0.2, 0.25) is 5.91 Å². The third kappa shape index (κ3) is 42.0. The maximum absolute atomic E-state index is 12.8. The topological polar surface area (TPSA) is 404 Å². The maximum Gasteiger partial charge on any atom is 0.416 e. The molecule has 115 heavy (non-hydrogen) atoms. The molecule has 0 aromatic heterocycles. The summed E-state index contributed by atoms with van der Waals surface area (Å²) in [6.07, 6.45) is -10.9. The van der Waals surface area contributed by atoms with E-state index in [2.05, 4.69) is 41.0 Å². The molecule has 0 fully saturated rings. The van der Waals surface area contributed by atoms with Gasteiger partial charge in [0.1, 0.15) is 27.8 Å². The minimum Gasteiger partial charge on any atom is -0.481 e. The van der Waals surface area contributed by atoms with E-state index in [4.69, 9.17) is 35.2 Å². The lowest BCUT2D eigenvalue weighted by atomic mass is 9.92. The van der Waals surface area contributed by atoms with Crippen molar-refractivity contribution in [2.75, 3.05) is 79.3 Å². The number of nitrogens with two attached hydrogens (primary N) is 1. The van der Waals surface area contributed by atoms with Crippen molar-refractivity contribution in [2.45, 2.75) is 187 Å². The van der Waals surface area contributed by atoms with Crippen LogP contribution in [0.25, 0.3) is 0 Å². The zero-order chi connectivity index (χ0) is 90.2. The number of carboxylic acids is 1. The van der Waals surface area contributed by atoms with Gasteiger partial charge in [-0.05, 0) is 225 Å². The Kier molecular flexibility index (Phi) is 41.0. The molecule has 30 nitrogen and oxygen atoms in total. The van der Waals surface area contributed by atoms with Gasteiger partial charge < -0.3 is 68.9 Å². The number of hydrogen-bond acceptors (Lipinski definition) is 22. The number of nitrogen functional groups attached to an aromatic ring is 1. The van der Waals surface area contributed by atoms with Crippen LogP contribution < -0.4 is 38.1 Å². The van der Waals surface area contributed by atoms with Crippen molar-refractivity contribution in [1.29, 1.82) is 5.26 Å². The summed E-state index contributed by atoms with van der Waals surface area (Å²) in [6.45, 7) is 38.0. The lowest BCUT2D eigenvalue weighted by Crippen LogP contribution is -2.51. The largest absolute Gasteiger partial charge is 0.481 e. The summed E-state index contributed by atoms with van der Waals surface area (Å²) in [7, 11) is 8.54. The predicted octanol–water partition coefficient (Wildman–Crippen LogP) is 14.6. The van der Waals surface area contributed by atoms with Crippen LogP contribution in [0.4, 0.5) is 68.3 Å². The Bertz CT molecular complexity index is 3930. The van der Waals surface area contributed by atoms with Crippen LogP contribution in [-0.2, 0) is 69.5 Å². The molecule has 0 unspecified atom stereocenters. The molecule has 0 aliphatic carbocycles. The van der Waals surface area contributed by atoms with Gasteiger partial charge in [-0.3, -0.25) is 49.8 Å². The Morgan fingerprint density at radius 2 is 0.739 bits per heavy atom. The first-order chi connectivity index (χ1) is 52.0. The smallest absolute Gasteiger partial charge is 0.416 e. The molecule has 0 spiro atoms. The third-order valence-electron chi connectivity index (χ3n) is 14.5. The van der Waals surface area contributed by atoms with E-state index < -0.39 is 127 Å². The highest BCUT2D eigenvalue weighted by molar-refractivity contribution is 6.01. The summed E-state index contributed by atoms with van der Waals surface area (Å²) >= 11 is 0. The van der Waals surface area contributed by atoms with Crippen molar-refractivity contribution in [3.63, 3.8) is 0 Å². The normalized spacial score (nSPS) is 11.6. The molecule has 644 valence electrons. The summed E-state index contributed by atoms with van der Waals surface area (Å²) in [5.41, 5.74) is 0.268. The Labute approximate surface area is 669 Å². The summed E-state index contributed by atoms with van der Waals surface area (Å²) in [5, 5.41) is 25.6. The average Bonchev–Trinajstić information content (AvgIpc) is 0.836. The van der Waals surface area contributed by atoms with E-state index in [0.29, 0.717) is 28.3 Å². The first-order valence-electron chi connectivity index (χ1n) is 35.4. The molecule has 4 aromatic carbocycles. The Hall–Kier alpha value is -11.1. The van der Waals surface area contributed by atoms with Crippen molar-refractivity contribution >= 4 is 88.7 Å². The minimum atomic E-state index is -4.45. The van der Waals surface area contributed by atoms with Gasteiger partial charge >= 0.3 is 60.6 Å². The van der Waals surface area contributed by atoms with E-state index in [0.717, 1.165) is 24.3 Å². The SMILES string of the molecule is CN(CC(C)(C)C(=O)NNC(=O)c1ccccc1Nc1ccc(C(F)(F)F)cc1)C(=O)OC(C)(C)C.CN(CC(C)(C)C(=O)O)C(=O)OC(C)(C)C.COC(=O)C(C)(C)C#N.COC(=O)C(C)(C)CN(C)C(=O)OC(C)(C)C.COC(=O)C(C)(C)CNC(=O)OC(C)(C)C.NNC(=O)c1ccccc1Nc1ccc(C(F)(F)F)cc1. The maximum atomic E-state index is 12.8. The van der Waals surface area contributed by atoms with Crippen LogP contribution in [-0.4, -0.2) is 177 Å². The fourth-order valence-electron chi connectivity index (χ4n) is 8.53. The molecule has 36 heteroatoms. The molecule has 0 heterocycles. The lowest BCUT2D eigenvalue weighted by molar-refractivity contribution is -0.151. The fraction of sp³-hybridized carbons (Fsp3) is 0.544. The quantitative estimate of drug-likeness (QED) is 0.0108. The van der Waals surface area contributed by atoms with E-state index in [1.807, 2.05) is 11.5 Å². The Morgan fingerprint density at radius 3 is 1.03 bits per heavy atom. The van der Waals surface area contributed by atoms with Gasteiger partial charge in [-0.2, -0.15) is 31.6 Å². The van der Waals surface area contributed by atoms with Crippen LogP contribution in [0.2, 0.25) is 0 Å². The number of rotatable bonds is 19. The molecule has 0 aliphatic rings. The molecule has 9 N–H and O–H groups in total. The number of anilines is 4. The molecule has 0 bridgehead atoms. The highest BCUT2D eigenvalue weighted by Crippen LogP contribution is 2.33. The second kappa shape index (κ2) is 44.5. The van der Waals surface area contributed by atoms with Gasteiger partial charge in [-0.15, -0.1) is 0 Å². The van der Waals surface area contributed by atoms with Crippen molar-refractivity contribution in [3.05, 3.63) is 119 Å². The van der Waals surface area contributed by atoms with Crippen LogP contribution in [0.5, 0.6) is 0 Å². The number of carbonyl (C=O) groups excluding carboxylic acids is 10. The minimum absolute atomic E-state index is 0.0235. The van der Waals surface area contributed by atoms with E-state index >= 15 is 0 Å². The highest BCUT2D eigenvalue weighted by Gasteiger charge is 2.37. The molecule has 0 radical (unpaired) electrons. The average molecular weight is 1640 g/mol. The number of alkyl carbamates (subject to hydrolysis) is 1. The second-order valence-electron chi connectivity index (χ2n) is 32.8. The lowest BCUT2D eigenvalue weighted by Gasteiger charge is -2.31. The first kappa shape index (κ1) is 106. The number of nitrogens with zero attached hydrogens (tertiary/aromatic N) is 4. The number of benzene rings is 4. The van der Waals surface area contributed by atoms with Crippen molar-refractivity contribution in [2.24, 2.45) is 32.9 Å². The van der Waals surface area contributed by atoms with Gasteiger partial charge in [-0.1, -0.05) is 24.3 Å². The molecule has 7 amide bonds. The molecule has 0 saturated heterocycles. The molecular weight excluding hydrogens is 1520 g/mol. The number of aliphatic carboxylic acids is 1. The van der Waals surface area contributed by atoms with Crippen molar-refractivity contribution < 1.29 is 117 Å². The number of hydrazine groups is 2. The first-order valence-corrected chi connectivity index (χ1v) is 35.4. The van der Waals surface area contributed by atoms with Gasteiger partial charge in [0.15, 0.2) is 0 Å². The summed E-state index contributed by atoms with van der Waals surface area (Å²) < 4.78 is 110. The van der Waals surface area contributed by atoms with Crippen LogP contribution in [0.1, 0.15) is 184 Å². The zero-order valence-corrected chi connectivity index (χ0v) is 71.0. The van der Waals surface area contributed by atoms with E-state index in [1.54, 1.807) is 188 Å². The molecule has 0 saturated carbocycles. The monoisotopic (exact) mass is 1640 g/mol. The van der Waals surface area contributed by atoms with Gasteiger partial charge in [0.05, 0.1) is 82.7 Å². The standard InChI is InChI=1S/C25H31F3N4O4.C14H12F3N3O.C12H23NO4.2C11H21NO4.C6H9NO2/c1-23(2,3)36-22(35)32(6)15-24(4,5)21(34)31-30-20(33)18-9-7-8-10-19(18)29-17-13-11-16(12-14-17)25(26,27)28;15-14(16,17)9-5-7-10(8-6-9)19-12-4-2-1-3-11(12)13(21)20-18;1-11(2,3)17-10(15)13(6)8-12(4,5)9(14)16-7;1-10(2,3)16-9(14)12-7-11(4,5)8(13)15-6;1-10(2,3)16-9(15)12(6)7-11(4,5)8(13)14;1-6(2,4-7)5(8)9-3/h7-14,29H,15H2,1-6H3,(H,30,33)(H,31,34);1-8,19H,18H2,(H,20,21);8H2,1-7H3;7H2,1-6H3,(H,12,14);7H2,1-6H3,(H,13,14);1-3H3. The summed E-state index contributed by atoms with van der Waals surface area (Å²) in [5.74, 6) is 1.24. The van der Waals surface area contributed by atoms with Crippen molar-refractivity contribution in [1.82, 2.24) is 36.3 Å².